The molecule has 1 aliphatic rings. The molecule has 0 amide bonds. The summed E-state index contributed by atoms with van der Waals surface area (Å²) in [5.41, 5.74) is 1.15. The summed E-state index contributed by atoms with van der Waals surface area (Å²) < 4.78 is 10.6. The van der Waals surface area contributed by atoms with Gasteiger partial charge in [-0.15, -0.1) is 0 Å². The average Bonchev–Trinajstić information content (AvgIpc) is 2.96. The Hall–Kier alpha value is -1.35. The van der Waals surface area contributed by atoms with Gasteiger partial charge in [0.1, 0.15) is 0 Å². The van der Waals surface area contributed by atoms with Gasteiger partial charge in [0, 0.05) is 12.8 Å². The SMILES string of the molecule is CC1(C)OC1CCOC(=O)CCc1ccccc1. The number of ether oxygens (including phenoxy) is 2. The number of rotatable bonds is 6. The van der Waals surface area contributed by atoms with Gasteiger partial charge in [-0.1, -0.05) is 30.3 Å². The van der Waals surface area contributed by atoms with E-state index in [4.69, 9.17) is 9.47 Å². The van der Waals surface area contributed by atoms with Crippen LogP contribution in [-0.4, -0.2) is 24.3 Å². The van der Waals surface area contributed by atoms with Crippen LogP contribution >= 0.6 is 0 Å². The van der Waals surface area contributed by atoms with Crippen LogP contribution in [0.2, 0.25) is 0 Å². The minimum absolute atomic E-state index is 0.0174. The Morgan fingerprint density at radius 3 is 2.61 bits per heavy atom. The Labute approximate surface area is 108 Å². The molecule has 1 atom stereocenters. The molecule has 3 heteroatoms. The van der Waals surface area contributed by atoms with Crippen LogP contribution in [0.15, 0.2) is 30.3 Å². The van der Waals surface area contributed by atoms with Gasteiger partial charge in [0.05, 0.1) is 18.3 Å². The van der Waals surface area contributed by atoms with E-state index in [-0.39, 0.29) is 17.7 Å². The summed E-state index contributed by atoms with van der Waals surface area (Å²) in [4.78, 5) is 11.5. The Bertz CT molecular complexity index is 397. The predicted octanol–water partition coefficient (Wildman–Crippen LogP) is 2.73. The van der Waals surface area contributed by atoms with Crippen molar-refractivity contribution in [1.82, 2.24) is 0 Å². The van der Waals surface area contributed by atoms with Gasteiger partial charge in [-0.05, 0) is 25.8 Å². The summed E-state index contributed by atoms with van der Waals surface area (Å²) in [7, 11) is 0. The van der Waals surface area contributed by atoms with Gasteiger partial charge in [-0.3, -0.25) is 4.79 Å². The number of carbonyl (C=O) groups is 1. The molecule has 0 aromatic heterocycles. The van der Waals surface area contributed by atoms with Crippen molar-refractivity contribution in [3.63, 3.8) is 0 Å². The fourth-order valence-electron chi connectivity index (χ4n) is 1.98. The summed E-state index contributed by atoms with van der Waals surface area (Å²) in [5, 5.41) is 0. The maximum absolute atomic E-state index is 11.5. The quantitative estimate of drug-likeness (QED) is 0.574. The monoisotopic (exact) mass is 248 g/mol. The molecule has 1 heterocycles. The number of benzene rings is 1. The van der Waals surface area contributed by atoms with Gasteiger partial charge in [-0.2, -0.15) is 0 Å². The molecule has 3 nitrogen and oxygen atoms in total. The number of hydrogen-bond acceptors (Lipinski definition) is 3. The van der Waals surface area contributed by atoms with Crippen LogP contribution in [0, 0.1) is 0 Å². The number of hydrogen-bond donors (Lipinski definition) is 0. The van der Waals surface area contributed by atoms with E-state index in [1.165, 1.54) is 5.56 Å². The number of esters is 1. The summed E-state index contributed by atoms with van der Waals surface area (Å²) in [6.45, 7) is 4.56. The second-order valence-corrected chi connectivity index (χ2v) is 5.20. The van der Waals surface area contributed by atoms with Gasteiger partial charge < -0.3 is 9.47 Å². The normalized spacial score (nSPS) is 20.4. The molecule has 0 radical (unpaired) electrons. The summed E-state index contributed by atoms with van der Waals surface area (Å²) in [6, 6.07) is 9.97. The van der Waals surface area contributed by atoms with Gasteiger partial charge in [-0.25, -0.2) is 0 Å². The van der Waals surface area contributed by atoms with E-state index in [0.29, 0.717) is 13.0 Å². The van der Waals surface area contributed by atoms with Gasteiger partial charge in [0.15, 0.2) is 0 Å². The van der Waals surface area contributed by atoms with Crippen LogP contribution in [0.25, 0.3) is 0 Å². The maximum atomic E-state index is 11.5. The lowest BCUT2D eigenvalue weighted by molar-refractivity contribution is -0.143. The standard InChI is InChI=1S/C15H20O3/c1-15(2)13(18-15)10-11-17-14(16)9-8-12-6-4-3-5-7-12/h3-7,13H,8-11H2,1-2H3. The van der Waals surface area contributed by atoms with Crippen molar-refractivity contribution in [2.45, 2.75) is 44.8 Å². The first-order valence-corrected chi connectivity index (χ1v) is 6.45. The Balaban J connectivity index is 1.58. The third kappa shape index (κ3) is 3.84. The van der Waals surface area contributed by atoms with Gasteiger partial charge >= 0.3 is 5.97 Å². The second-order valence-electron chi connectivity index (χ2n) is 5.20. The lowest BCUT2D eigenvalue weighted by atomic mass is 10.1. The minimum Gasteiger partial charge on any atom is -0.466 e. The smallest absolute Gasteiger partial charge is 0.306 e. The molecule has 18 heavy (non-hydrogen) atoms. The van der Waals surface area contributed by atoms with Gasteiger partial charge in [0.2, 0.25) is 0 Å². The molecule has 0 aliphatic carbocycles. The van der Waals surface area contributed by atoms with Crippen LogP contribution in [-0.2, 0) is 20.7 Å². The van der Waals surface area contributed by atoms with Crippen molar-refractivity contribution in [2.24, 2.45) is 0 Å². The Morgan fingerprint density at radius 1 is 1.33 bits per heavy atom. The highest BCUT2D eigenvalue weighted by Gasteiger charge is 2.47. The van der Waals surface area contributed by atoms with E-state index in [2.05, 4.69) is 13.8 Å². The fourth-order valence-corrected chi connectivity index (χ4v) is 1.98. The first-order valence-electron chi connectivity index (χ1n) is 6.45. The van der Waals surface area contributed by atoms with Crippen molar-refractivity contribution in [3.8, 4) is 0 Å². The molecule has 1 fully saturated rings. The molecule has 1 aromatic rings. The third-order valence-electron chi connectivity index (χ3n) is 3.27. The van der Waals surface area contributed by atoms with E-state index in [0.717, 1.165) is 12.8 Å². The van der Waals surface area contributed by atoms with Crippen molar-refractivity contribution in [1.29, 1.82) is 0 Å². The zero-order valence-corrected chi connectivity index (χ0v) is 11.0. The molecule has 1 aromatic carbocycles. The molecule has 1 saturated heterocycles. The molecule has 0 saturated carbocycles. The number of epoxide rings is 1. The first-order chi connectivity index (χ1) is 8.58. The summed E-state index contributed by atoms with van der Waals surface area (Å²) in [6.07, 6.45) is 2.23. The molecule has 2 rings (SSSR count). The van der Waals surface area contributed by atoms with Gasteiger partial charge in [0.25, 0.3) is 0 Å². The summed E-state index contributed by atoms with van der Waals surface area (Å²) >= 11 is 0. The molecular formula is C15H20O3. The van der Waals surface area contributed by atoms with E-state index in [1.807, 2.05) is 30.3 Å². The van der Waals surface area contributed by atoms with Crippen LogP contribution in [0.4, 0.5) is 0 Å². The number of carbonyl (C=O) groups excluding carboxylic acids is 1. The fraction of sp³-hybridized carbons (Fsp3) is 0.533. The lowest BCUT2D eigenvalue weighted by Gasteiger charge is -2.04. The topological polar surface area (TPSA) is 38.8 Å². The van der Waals surface area contributed by atoms with E-state index < -0.39 is 0 Å². The number of aryl methyl sites for hydroxylation is 1. The first kappa shape index (κ1) is 13.1. The van der Waals surface area contributed by atoms with Crippen molar-refractivity contribution >= 4 is 5.97 Å². The van der Waals surface area contributed by atoms with E-state index in [1.54, 1.807) is 0 Å². The zero-order chi connectivity index (χ0) is 13.0. The highest BCUT2D eigenvalue weighted by molar-refractivity contribution is 5.69. The Morgan fingerprint density at radius 2 is 2.00 bits per heavy atom. The van der Waals surface area contributed by atoms with Crippen LogP contribution in [0.5, 0.6) is 0 Å². The summed E-state index contributed by atoms with van der Waals surface area (Å²) in [5.74, 6) is -0.127. The molecule has 0 bridgehead atoms. The van der Waals surface area contributed by atoms with Crippen molar-refractivity contribution < 1.29 is 14.3 Å². The third-order valence-corrected chi connectivity index (χ3v) is 3.27. The highest BCUT2D eigenvalue weighted by Crippen LogP contribution is 2.37. The minimum atomic E-state index is -0.127. The van der Waals surface area contributed by atoms with Crippen LogP contribution in [0.3, 0.4) is 0 Å². The Kier molecular flexibility index (Phi) is 4.02. The highest BCUT2D eigenvalue weighted by atomic mass is 16.6. The molecule has 98 valence electrons. The average molecular weight is 248 g/mol. The van der Waals surface area contributed by atoms with E-state index >= 15 is 0 Å². The largest absolute Gasteiger partial charge is 0.466 e. The zero-order valence-electron chi connectivity index (χ0n) is 11.0. The second kappa shape index (κ2) is 5.53. The molecule has 1 unspecified atom stereocenters. The van der Waals surface area contributed by atoms with Crippen LogP contribution in [0.1, 0.15) is 32.3 Å². The molecule has 1 aliphatic heterocycles. The van der Waals surface area contributed by atoms with E-state index in [9.17, 15) is 4.79 Å². The predicted molar refractivity (Wildman–Crippen MR) is 69.3 cm³/mol. The molecular weight excluding hydrogens is 228 g/mol. The molecule has 0 N–H and O–H groups in total. The van der Waals surface area contributed by atoms with Crippen LogP contribution < -0.4 is 0 Å². The van der Waals surface area contributed by atoms with Crippen molar-refractivity contribution in [3.05, 3.63) is 35.9 Å². The van der Waals surface area contributed by atoms with Crippen molar-refractivity contribution in [2.75, 3.05) is 6.61 Å². The lowest BCUT2D eigenvalue weighted by Crippen LogP contribution is -2.11. The maximum Gasteiger partial charge on any atom is 0.306 e. The molecule has 0 spiro atoms.